The third-order valence-electron chi connectivity index (χ3n) is 2.01. The number of hydrogen-bond donors (Lipinski definition) is 0. The second-order valence-corrected chi connectivity index (χ2v) is 3.37. The van der Waals surface area contributed by atoms with E-state index in [-0.39, 0.29) is 5.56 Å². The Bertz CT molecular complexity index is 504. The van der Waals surface area contributed by atoms with E-state index in [9.17, 15) is 22.8 Å². The van der Waals surface area contributed by atoms with Gasteiger partial charge in [0.25, 0.3) is 0 Å². The van der Waals surface area contributed by atoms with Crippen molar-refractivity contribution in [3.63, 3.8) is 0 Å². The summed E-state index contributed by atoms with van der Waals surface area (Å²) in [6.07, 6.45) is -3.65. The molecule has 1 aromatic carbocycles. The van der Waals surface area contributed by atoms with E-state index in [0.29, 0.717) is 6.07 Å². The summed E-state index contributed by atoms with van der Waals surface area (Å²) in [5.74, 6) is -1.87. The molecular formula is C12H9F3O3. The monoisotopic (exact) mass is 258 g/mol. The van der Waals surface area contributed by atoms with Crippen LogP contribution in [0, 0.1) is 0 Å². The molecule has 0 aliphatic carbocycles. The van der Waals surface area contributed by atoms with E-state index in [2.05, 4.69) is 11.3 Å². The highest BCUT2D eigenvalue weighted by atomic mass is 19.4. The van der Waals surface area contributed by atoms with E-state index in [1.807, 2.05) is 0 Å². The Labute approximate surface area is 101 Å². The zero-order valence-electron chi connectivity index (χ0n) is 9.38. The van der Waals surface area contributed by atoms with Crippen molar-refractivity contribution in [2.24, 2.45) is 0 Å². The predicted molar refractivity (Wildman–Crippen MR) is 57.3 cm³/mol. The van der Waals surface area contributed by atoms with Crippen LogP contribution in [-0.2, 0) is 11.0 Å². The second-order valence-electron chi connectivity index (χ2n) is 3.37. The summed E-state index contributed by atoms with van der Waals surface area (Å²) in [7, 11) is 0. The van der Waals surface area contributed by atoms with E-state index >= 15 is 0 Å². The molecule has 0 amide bonds. The molecular weight excluding hydrogens is 249 g/mol. The van der Waals surface area contributed by atoms with E-state index in [0.717, 1.165) is 25.1 Å². The van der Waals surface area contributed by atoms with Crippen molar-refractivity contribution in [3.8, 4) is 5.75 Å². The van der Waals surface area contributed by atoms with Crippen LogP contribution in [-0.4, -0.2) is 11.8 Å². The molecule has 0 saturated heterocycles. The molecule has 0 radical (unpaired) electrons. The molecule has 0 aliphatic heterocycles. The van der Waals surface area contributed by atoms with Gasteiger partial charge in [0.1, 0.15) is 5.75 Å². The van der Waals surface area contributed by atoms with Crippen LogP contribution >= 0.6 is 0 Å². The number of rotatable bonds is 3. The Kier molecular flexibility index (Phi) is 3.90. The minimum atomic E-state index is -4.58. The maximum Gasteiger partial charge on any atom is 0.416 e. The minimum Gasteiger partial charge on any atom is -0.426 e. The van der Waals surface area contributed by atoms with E-state index in [1.54, 1.807) is 0 Å². The zero-order valence-corrected chi connectivity index (χ0v) is 9.38. The van der Waals surface area contributed by atoms with Gasteiger partial charge < -0.3 is 4.74 Å². The lowest BCUT2D eigenvalue weighted by Gasteiger charge is -2.11. The van der Waals surface area contributed by atoms with Crippen LogP contribution in [0.1, 0.15) is 22.8 Å². The number of carbonyl (C=O) groups is 2. The highest BCUT2D eigenvalue weighted by Crippen LogP contribution is 2.33. The first-order valence-corrected chi connectivity index (χ1v) is 4.82. The molecule has 18 heavy (non-hydrogen) atoms. The average Bonchev–Trinajstić information content (AvgIpc) is 2.26. The van der Waals surface area contributed by atoms with Crippen molar-refractivity contribution in [1.82, 2.24) is 0 Å². The Balaban J connectivity index is 3.33. The lowest BCUT2D eigenvalue weighted by atomic mass is 10.1. The summed E-state index contributed by atoms with van der Waals surface area (Å²) in [6, 6.07) is 2.30. The molecule has 0 aromatic heterocycles. The Morgan fingerprint density at radius 2 is 1.94 bits per heavy atom. The molecule has 0 fully saturated rings. The average molecular weight is 258 g/mol. The molecule has 0 bridgehead atoms. The number of esters is 1. The van der Waals surface area contributed by atoms with Crippen LogP contribution < -0.4 is 4.74 Å². The number of halogens is 3. The lowest BCUT2D eigenvalue weighted by Crippen LogP contribution is -2.10. The number of hydrogen-bond acceptors (Lipinski definition) is 3. The van der Waals surface area contributed by atoms with Crippen LogP contribution in [0.2, 0.25) is 0 Å². The Hall–Kier alpha value is -2.11. The first-order chi connectivity index (χ1) is 8.25. The molecule has 0 N–H and O–H groups in total. The van der Waals surface area contributed by atoms with E-state index in [1.165, 1.54) is 0 Å². The van der Waals surface area contributed by atoms with Crippen LogP contribution in [0.25, 0.3) is 0 Å². The van der Waals surface area contributed by atoms with Crippen molar-refractivity contribution >= 4 is 11.8 Å². The molecule has 0 saturated carbocycles. The first-order valence-electron chi connectivity index (χ1n) is 4.82. The maximum absolute atomic E-state index is 12.5. The van der Waals surface area contributed by atoms with Gasteiger partial charge >= 0.3 is 12.1 Å². The molecule has 1 rings (SSSR count). The minimum absolute atomic E-state index is 0.145. The third kappa shape index (κ3) is 3.19. The highest BCUT2D eigenvalue weighted by Gasteiger charge is 2.31. The number of alkyl halides is 3. The predicted octanol–water partition coefficient (Wildman–Crippen LogP) is 3.00. The summed E-state index contributed by atoms with van der Waals surface area (Å²) in [5.41, 5.74) is -1.15. The standard InChI is InChI=1S/C12H9F3O3/c1-3-10(17)9-5-4-8(12(13,14)15)6-11(9)18-7(2)16/h3-6H,1H2,2H3. The zero-order chi connectivity index (χ0) is 13.9. The third-order valence-corrected chi connectivity index (χ3v) is 2.01. The fourth-order valence-electron chi connectivity index (χ4n) is 1.25. The second kappa shape index (κ2) is 5.03. The van der Waals surface area contributed by atoms with Gasteiger partial charge in [-0.15, -0.1) is 0 Å². The summed E-state index contributed by atoms with van der Waals surface area (Å²) >= 11 is 0. The molecule has 0 unspecified atom stereocenters. The fourth-order valence-corrected chi connectivity index (χ4v) is 1.25. The summed E-state index contributed by atoms with van der Waals surface area (Å²) in [5, 5.41) is 0. The van der Waals surface area contributed by atoms with Crippen LogP contribution in [0.3, 0.4) is 0 Å². The summed E-state index contributed by atoms with van der Waals surface area (Å²) < 4.78 is 42.0. The van der Waals surface area contributed by atoms with Gasteiger partial charge in [0.15, 0.2) is 5.78 Å². The lowest BCUT2D eigenvalue weighted by molar-refractivity contribution is -0.138. The van der Waals surface area contributed by atoms with Crippen molar-refractivity contribution in [3.05, 3.63) is 42.0 Å². The van der Waals surface area contributed by atoms with Crippen LogP contribution in [0.4, 0.5) is 13.2 Å². The molecule has 6 heteroatoms. The largest absolute Gasteiger partial charge is 0.426 e. The molecule has 3 nitrogen and oxygen atoms in total. The van der Waals surface area contributed by atoms with Gasteiger partial charge in [0.05, 0.1) is 11.1 Å². The Morgan fingerprint density at radius 1 is 1.33 bits per heavy atom. The van der Waals surface area contributed by atoms with E-state index in [4.69, 9.17) is 0 Å². The van der Waals surface area contributed by atoms with Crippen molar-refractivity contribution in [2.75, 3.05) is 0 Å². The number of ketones is 1. The number of benzene rings is 1. The van der Waals surface area contributed by atoms with Gasteiger partial charge in [-0.25, -0.2) is 0 Å². The van der Waals surface area contributed by atoms with Crippen molar-refractivity contribution in [2.45, 2.75) is 13.1 Å². The smallest absolute Gasteiger partial charge is 0.416 e. The molecule has 0 spiro atoms. The summed E-state index contributed by atoms with van der Waals surface area (Å²) in [4.78, 5) is 22.2. The first kappa shape index (κ1) is 14.0. The molecule has 96 valence electrons. The highest BCUT2D eigenvalue weighted by molar-refractivity contribution is 6.06. The summed E-state index contributed by atoms with van der Waals surface area (Å²) in [6.45, 7) is 4.25. The fraction of sp³-hybridized carbons (Fsp3) is 0.167. The molecule has 0 heterocycles. The number of allylic oxidation sites excluding steroid dienone is 1. The maximum atomic E-state index is 12.5. The van der Waals surface area contributed by atoms with Gasteiger partial charge in [-0.3, -0.25) is 9.59 Å². The van der Waals surface area contributed by atoms with Crippen molar-refractivity contribution in [1.29, 1.82) is 0 Å². The number of ether oxygens (including phenoxy) is 1. The van der Waals surface area contributed by atoms with Crippen LogP contribution in [0.15, 0.2) is 30.9 Å². The van der Waals surface area contributed by atoms with Gasteiger partial charge in [0.2, 0.25) is 0 Å². The normalized spacial score (nSPS) is 10.9. The SMILES string of the molecule is C=CC(=O)c1ccc(C(F)(F)F)cc1OC(C)=O. The topological polar surface area (TPSA) is 43.4 Å². The van der Waals surface area contributed by atoms with E-state index < -0.39 is 29.2 Å². The van der Waals surface area contributed by atoms with Gasteiger partial charge in [0, 0.05) is 6.92 Å². The van der Waals surface area contributed by atoms with Gasteiger partial charge in [-0.1, -0.05) is 6.58 Å². The Morgan fingerprint density at radius 3 is 2.39 bits per heavy atom. The molecule has 1 aromatic rings. The number of carbonyl (C=O) groups excluding carboxylic acids is 2. The van der Waals surface area contributed by atoms with Crippen molar-refractivity contribution < 1.29 is 27.5 Å². The van der Waals surface area contributed by atoms with Crippen LogP contribution in [0.5, 0.6) is 5.75 Å². The quantitative estimate of drug-likeness (QED) is 0.362. The van der Waals surface area contributed by atoms with Gasteiger partial charge in [-0.2, -0.15) is 13.2 Å². The molecule has 0 aliphatic rings. The molecule has 0 atom stereocenters. The van der Waals surface area contributed by atoms with Gasteiger partial charge in [-0.05, 0) is 24.3 Å².